The number of nitrogens with one attached hydrogen (secondary N) is 1. The normalized spacial score (nSPS) is 22.2. The highest BCUT2D eigenvalue weighted by atomic mass is 32.1. The molecule has 2 aromatic rings. The Hall–Kier alpha value is -1.62. The lowest BCUT2D eigenvalue weighted by Gasteiger charge is -2.06. The molecule has 2 atom stereocenters. The van der Waals surface area contributed by atoms with E-state index >= 15 is 0 Å². The van der Waals surface area contributed by atoms with Gasteiger partial charge in [-0.2, -0.15) is 0 Å². The van der Waals surface area contributed by atoms with Crippen LogP contribution in [0.15, 0.2) is 17.6 Å². The summed E-state index contributed by atoms with van der Waals surface area (Å²) >= 11 is 1.70. The molecule has 0 saturated heterocycles. The Balaban J connectivity index is 1.78. The van der Waals surface area contributed by atoms with Gasteiger partial charge in [-0.25, -0.2) is 9.78 Å². The van der Waals surface area contributed by atoms with Gasteiger partial charge in [0.25, 0.3) is 0 Å². The second-order valence-electron chi connectivity index (χ2n) is 5.46. The van der Waals surface area contributed by atoms with Crippen molar-refractivity contribution in [1.82, 2.24) is 9.97 Å². The van der Waals surface area contributed by atoms with Crippen LogP contribution in [0, 0.1) is 5.92 Å². The zero-order valence-corrected chi connectivity index (χ0v) is 12.2. The lowest BCUT2D eigenvalue weighted by Crippen LogP contribution is -1.95. The minimum Gasteiger partial charge on any atom is -0.477 e. The lowest BCUT2D eigenvalue weighted by molar-refractivity contribution is 0.0691. The first-order chi connectivity index (χ1) is 9.67. The Kier molecular flexibility index (Phi) is 3.61. The van der Waals surface area contributed by atoms with Crippen LogP contribution < -0.4 is 0 Å². The van der Waals surface area contributed by atoms with Crippen molar-refractivity contribution in [2.45, 2.75) is 38.5 Å². The quantitative estimate of drug-likeness (QED) is 0.889. The van der Waals surface area contributed by atoms with E-state index < -0.39 is 5.97 Å². The molecule has 1 saturated carbocycles. The van der Waals surface area contributed by atoms with E-state index in [1.165, 1.54) is 30.7 Å². The summed E-state index contributed by atoms with van der Waals surface area (Å²) in [4.78, 5) is 18.4. The van der Waals surface area contributed by atoms with E-state index in [1.807, 2.05) is 5.38 Å². The number of rotatable bonds is 4. The summed E-state index contributed by atoms with van der Waals surface area (Å²) in [6, 6.07) is 1.64. The van der Waals surface area contributed by atoms with Crippen molar-refractivity contribution in [2.24, 2.45) is 5.92 Å². The van der Waals surface area contributed by atoms with Crippen LogP contribution in [0.25, 0.3) is 11.3 Å². The summed E-state index contributed by atoms with van der Waals surface area (Å²) < 4.78 is 0. The molecule has 0 amide bonds. The SMILES string of the molecule is CCC1CCC(c2nc(-c3c[nH]c(C(=O)O)c3)cs2)C1. The maximum Gasteiger partial charge on any atom is 0.352 e. The molecule has 2 aromatic heterocycles. The molecule has 1 aliphatic carbocycles. The standard InChI is InChI=1S/C15H18N2O2S/c1-2-9-3-4-10(5-9)14-17-13(8-20-14)11-6-12(15(18)19)16-7-11/h6-10,16H,2-5H2,1H3,(H,18,19). The molecular formula is C15H18N2O2S. The van der Waals surface area contributed by atoms with E-state index in [2.05, 4.69) is 11.9 Å². The average molecular weight is 290 g/mol. The van der Waals surface area contributed by atoms with Gasteiger partial charge in [-0.15, -0.1) is 11.3 Å². The van der Waals surface area contributed by atoms with Gasteiger partial charge in [-0.1, -0.05) is 13.3 Å². The average Bonchev–Trinajstić information content (AvgIpc) is 3.17. The van der Waals surface area contributed by atoms with Gasteiger partial charge in [0.1, 0.15) is 5.69 Å². The molecule has 0 aliphatic heterocycles. The Morgan fingerprint density at radius 2 is 2.40 bits per heavy atom. The molecule has 2 heterocycles. The van der Waals surface area contributed by atoms with Gasteiger partial charge in [-0.3, -0.25) is 0 Å². The van der Waals surface area contributed by atoms with Gasteiger partial charge in [0.15, 0.2) is 0 Å². The molecule has 0 bridgehead atoms. The van der Waals surface area contributed by atoms with Gasteiger partial charge < -0.3 is 10.1 Å². The molecule has 20 heavy (non-hydrogen) atoms. The summed E-state index contributed by atoms with van der Waals surface area (Å²) in [5, 5.41) is 12.2. The Labute approximate surface area is 121 Å². The van der Waals surface area contributed by atoms with Crippen molar-refractivity contribution in [2.75, 3.05) is 0 Å². The van der Waals surface area contributed by atoms with Crippen molar-refractivity contribution in [3.05, 3.63) is 28.3 Å². The van der Waals surface area contributed by atoms with Crippen molar-refractivity contribution < 1.29 is 9.90 Å². The predicted octanol–water partition coefficient (Wildman–Crippen LogP) is 4.13. The molecule has 2 unspecified atom stereocenters. The van der Waals surface area contributed by atoms with Gasteiger partial charge in [0.05, 0.1) is 10.7 Å². The van der Waals surface area contributed by atoms with E-state index in [4.69, 9.17) is 10.1 Å². The Morgan fingerprint density at radius 3 is 3.05 bits per heavy atom. The van der Waals surface area contributed by atoms with E-state index in [9.17, 15) is 4.79 Å². The van der Waals surface area contributed by atoms with Gasteiger partial charge in [-0.05, 0) is 31.2 Å². The zero-order chi connectivity index (χ0) is 14.1. The van der Waals surface area contributed by atoms with Crippen LogP contribution in [0.5, 0.6) is 0 Å². The van der Waals surface area contributed by atoms with Crippen LogP contribution in [0.4, 0.5) is 0 Å². The van der Waals surface area contributed by atoms with E-state index in [0.717, 1.165) is 17.2 Å². The van der Waals surface area contributed by atoms with Gasteiger partial charge >= 0.3 is 5.97 Å². The van der Waals surface area contributed by atoms with Gasteiger partial charge in [0, 0.05) is 23.1 Å². The number of hydrogen-bond donors (Lipinski definition) is 2. The fourth-order valence-electron chi connectivity index (χ4n) is 2.94. The third-order valence-corrected chi connectivity index (χ3v) is 5.21. The third-order valence-electron chi connectivity index (χ3n) is 4.20. The molecule has 5 heteroatoms. The fraction of sp³-hybridized carbons (Fsp3) is 0.467. The summed E-state index contributed by atoms with van der Waals surface area (Å²) in [5.74, 6) is 0.503. The van der Waals surface area contributed by atoms with Crippen LogP contribution in [0.3, 0.4) is 0 Å². The fourth-order valence-corrected chi connectivity index (χ4v) is 3.92. The number of aromatic carboxylic acids is 1. The highest BCUT2D eigenvalue weighted by molar-refractivity contribution is 7.10. The van der Waals surface area contributed by atoms with Crippen LogP contribution >= 0.6 is 11.3 Å². The zero-order valence-electron chi connectivity index (χ0n) is 11.4. The number of aromatic amines is 1. The number of thiazole rings is 1. The molecule has 4 nitrogen and oxygen atoms in total. The monoisotopic (exact) mass is 290 g/mol. The topological polar surface area (TPSA) is 66.0 Å². The maximum absolute atomic E-state index is 10.9. The predicted molar refractivity (Wildman–Crippen MR) is 79.2 cm³/mol. The summed E-state index contributed by atoms with van der Waals surface area (Å²) in [7, 11) is 0. The number of hydrogen-bond acceptors (Lipinski definition) is 3. The molecule has 1 aliphatic rings. The second-order valence-corrected chi connectivity index (χ2v) is 6.35. The number of H-pyrrole nitrogens is 1. The molecule has 0 aromatic carbocycles. The van der Waals surface area contributed by atoms with E-state index in [1.54, 1.807) is 23.6 Å². The van der Waals surface area contributed by atoms with Crippen LogP contribution in [0.2, 0.25) is 0 Å². The molecule has 0 radical (unpaired) electrons. The van der Waals surface area contributed by atoms with Crippen molar-refractivity contribution in [1.29, 1.82) is 0 Å². The van der Waals surface area contributed by atoms with Gasteiger partial charge in [0.2, 0.25) is 0 Å². The number of nitrogens with zero attached hydrogens (tertiary/aromatic N) is 1. The van der Waals surface area contributed by atoms with E-state index in [-0.39, 0.29) is 5.69 Å². The van der Waals surface area contributed by atoms with Crippen LogP contribution in [-0.2, 0) is 0 Å². The van der Waals surface area contributed by atoms with Crippen LogP contribution in [-0.4, -0.2) is 21.0 Å². The summed E-state index contributed by atoms with van der Waals surface area (Å²) in [6.45, 7) is 2.26. The maximum atomic E-state index is 10.9. The Morgan fingerprint density at radius 1 is 1.55 bits per heavy atom. The number of carboxylic acids is 1. The molecule has 1 fully saturated rings. The molecular weight excluding hydrogens is 272 g/mol. The van der Waals surface area contributed by atoms with Crippen LogP contribution in [0.1, 0.15) is 54.0 Å². The molecule has 2 N–H and O–H groups in total. The first-order valence-electron chi connectivity index (χ1n) is 7.05. The second kappa shape index (κ2) is 5.40. The van der Waals surface area contributed by atoms with Crippen molar-refractivity contribution in [3.63, 3.8) is 0 Å². The lowest BCUT2D eigenvalue weighted by atomic mass is 10.0. The smallest absolute Gasteiger partial charge is 0.352 e. The number of carbonyl (C=O) groups is 1. The van der Waals surface area contributed by atoms with Crippen molar-refractivity contribution in [3.8, 4) is 11.3 Å². The summed E-state index contributed by atoms with van der Waals surface area (Å²) in [5.41, 5.74) is 1.95. The molecule has 0 spiro atoms. The first-order valence-corrected chi connectivity index (χ1v) is 7.92. The molecule has 3 rings (SSSR count). The summed E-state index contributed by atoms with van der Waals surface area (Å²) in [6.07, 6.45) is 6.76. The van der Waals surface area contributed by atoms with E-state index in [0.29, 0.717) is 5.92 Å². The largest absolute Gasteiger partial charge is 0.477 e. The highest BCUT2D eigenvalue weighted by Crippen LogP contribution is 2.41. The highest BCUT2D eigenvalue weighted by Gasteiger charge is 2.27. The number of aromatic nitrogens is 2. The first kappa shape index (κ1) is 13.4. The molecule has 106 valence electrons. The third kappa shape index (κ3) is 2.50. The Bertz CT molecular complexity index is 617. The minimum absolute atomic E-state index is 0.210. The number of carboxylic acid groups (broad SMARTS) is 1. The minimum atomic E-state index is -0.937. The van der Waals surface area contributed by atoms with Crippen molar-refractivity contribution >= 4 is 17.3 Å².